The highest BCUT2D eigenvalue weighted by molar-refractivity contribution is 4.94. The Kier molecular flexibility index (Phi) is 2.26. The van der Waals surface area contributed by atoms with E-state index < -0.39 is 5.60 Å². The van der Waals surface area contributed by atoms with Gasteiger partial charge in [0, 0.05) is 0 Å². The molecular weight excluding hydrogens is 138 g/mol. The lowest BCUT2D eigenvalue weighted by Gasteiger charge is -2.20. The van der Waals surface area contributed by atoms with Crippen molar-refractivity contribution in [3.8, 4) is 0 Å². The molecule has 2 nitrogen and oxygen atoms in total. The minimum atomic E-state index is -0.509. The first-order valence-corrected chi connectivity index (χ1v) is 4.40. The molecule has 1 aliphatic rings. The third kappa shape index (κ3) is 2.80. The molecule has 0 heterocycles. The summed E-state index contributed by atoms with van der Waals surface area (Å²) in [4.78, 5) is 0. The lowest BCUT2D eigenvalue weighted by Crippen LogP contribution is -2.23. The Labute approximate surface area is 68.8 Å². The topological polar surface area (TPSA) is 46.2 Å². The normalized spacial score (nSPS) is 21.8. The van der Waals surface area contributed by atoms with Crippen molar-refractivity contribution in [3.63, 3.8) is 0 Å². The summed E-state index contributed by atoms with van der Waals surface area (Å²) in [6.45, 7) is 4.52. The summed E-state index contributed by atoms with van der Waals surface area (Å²) in [6.07, 6.45) is 4.50. The number of rotatable bonds is 4. The summed E-state index contributed by atoms with van der Waals surface area (Å²) < 4.78 is 0. The third-order valence-corrected chi connectivity index (χ3v) is 2.66. The second kappa shape index (κ2) is 2.76. The number of nitrogens with two attached hydrogens (primary N) is 1. The van der Waals surface area contributed by atoms with Crippen LogP contribution in [-0.4, -0.2) is 17.3 Å². The molecule has 0 atom stereocenters. The zero-order valence-electron chi connectivity index (χ0n) is 7.56. The van der Waals surface area contributed by atoms with Gasteiger partial charge < -0.3 is 10.8 Å². The van der Waals surface area contributed by atoms with Crippen LogP contribution in [-0.2, 0) is 0 Å². The molecular formula is C9H19NO. The third-order valence-electron chi connectivity index (χ3n) is 2.66. The van der Waals surface area contributed by atoms with Gasteiger partial charge in [-0.1, -0.05) is 0 Å². The van der Waals surface area contributed by atoms with Crippen molar-refractivity contribution < 1.29 is 5.11 Å². The van der Waals surface area contributed by atoms with Crippen LogP contribution >= 0.6 is 0 Å². The van der Waals surface area contributed by atoms with Gasteiger partial charge in [0.2, 0.25) is 0 Å². The van der Waals surface area contributed by atoms with Gasteiger partial charge in [0.1, 0.15) is 0 Å². The highest BCUT2D eigenvalue weighted by Crippen LogP contribution is 2.49. The molecule has 0 amide bonds. The summed E-state index contributed by atoms with van der Waals surface area (Å²) in [6, 6.07) is 0. The Morgan fingerprint density at radius 3 is 2.27 bits per heavy atom. The largest absolute Gasteiger partial charge is 0.390 e. The SMILES string of the molecule is CC(C)(O)CCC1(CN)CC1. The summed E-state index contributed by atoms with van der Waals surface area (Å²) in [5, 5.41) is 9.46. The molecule has 11 heavy (non-hydrogen) atoms. The Bertz CT molecular complexity index is 133. The molecule has 1 rings (SSSR count). The van der Waals surface area contributed by atoms with Crippen LogP contribution in [0, 0.1) is 5.41 Å². The monoisotopic (exact) mass is 157 g/mol. The van der Waals surface area contributed by atoms with Crippen molar-refractivity contribution in [2.75, 3.05) is 6.54 Å². The molecule has 1 saturated carbocycles. The Morgan fingerprint density at radius 1 is 1.45 bits per heavy atom. The quantitative estimate of drug-likeness (QED) is 0.645. The second-order valence-corrected chi connectivity index (χ2v) is 4.52. The summed E-state index contributed by atoms with van der Waals surface area (Å²) in [7, 11) is 0. The van der Waals surface area contributed by atoms with Crippen molar-refractivity contribution in [2.45, 2.75) is 45.1 Å². The van der Waals surface area contributed by atoms with Crippen LogP contribution in [0.5, 0.6) is 0 Å². The fourth-order valence-corrected chi connectivity index (χ4v) is 1.30. The van der Waals surface area contributed by atoms with Crippen molar-refractivity contribution >= 4 is 0 Å². The van der Waals surface area contributed by atoms with Gasteiger partial charge in [-0.2, -0.15) is 0 Å². The maximum atomic E-state index is 9.46. The van der Waals surface area contributed by atoms with Crippen molar-refractivity contribution in [1.29, 1.82) is 0 Å². The Hall–Kier alpha value is -0.0800. The predicted molar refractivity (Wildman–Crippen MR) is 46.3 cm³/mol. The van der Waals surface area contributed by atoms with Crippen molar-refractivity contribution in [1.82, 2.24) is 0 Å². The van der Waals surface area contributed by atoms with Gasteiger partial charge in [0.05, 0.1) is 5.60 Å². The van der Waals surface area contributed by atoms with Crippen LogP contribution in [0.1, 0.15) is 39.5 Å². The van der Waals surface area contributed by atoms with Gasteiger partial charge in [-0.05, 0) is 51.5 Å². The van der Waals surface area contributed by atoms with E-state index in [4.69, 9.17) is 5.73 Å². The molecule has 0 aromatic heterocycles. The molecule has 0 saturated heterocycles. The van der Waals surface area contributed by atoms with E-state index in [0.29, 0.717) is 5.41 Å². The highest BCUT2D eigenvalue weighted by Gasteiger charge is 2.41. The number of hydrogen-bond donors (Lipinski definition) is 2. The number of aliphatic hydroxyl groups is 1. The van der Waals surface area contributed by atoms with Crippen molar-refractivity contribution in [2.24, 2.45) is 11.1 Å². The molecule has 2 heteroatoms. The van der Waals surface area contributed by atoms with Gasteiger partial charge in [-0.3, -0.25) is 0 Å². The van der Waals surface area contributed by atoms with E-state index >= 15 is 0 Å². The van der Waals surface area contributed by atoms with Gasteiger partial charge in [0.25, 0.3) is 0 Å². The standard InChI is InChI=1S/C9H19NO/c1-8(2,11)3-4-9(7-10)5-6-9/h11H,3-7,10H2,1-2H3. The molecule has 0 unspecified atom stereocenters. The molecule has 0 spiro atoms. The summed E-state index contributed by atoms with van der Waals surface area (Å²) in [5.74, 6) is 0. The zero-order chi connectivity index (χ0) is 8.54. The molecule has 66 valence electrons. The zero-order valence-corrected chi connectivity index (χ0v) is 7.56. The van der Waals surface area contributed by atoms with E-state index in [-0.39, 0.29) is 0 Å². The van der Waals surface area contributed by atoms with Gasteiger partial charge in [0.15, 0.2) is 0 Å². The first kappa shape index (κ1) is 9.01. The van der Waals surface area contributed by atoms with Crippen LogP contribution in [0.4, 0.5) is 0 Å². The predicted octanol–water partition coefficient (Wildman–Crippen LogP) is 1.28. The smallest absolute Gasteiger partial charge is 0.0592 e. The van der Waals surface area contributed by atoms with E-state index in [0.717, 1.165) is 19.4 Å². The molecule has 3 N–H and O–H groups in total. The number of hydrogen-bond acceptors (Lipinski definition) is 2. The summed E-state index contributed by atoms with van der Waals surface area (Å²) in [5.41, 5.74) is 5.52. The first-order valence-electron chi connectivity index (χ1n) is 4.40. The van der Waals surface area contributed by atoms with Crippen LogP contribution < -0.4 is 5.73 Å². The maximum absolute atomic E-state index is 9.46. The van der Waals surface area contributed by atoms with E-state index in [1.807, 2.05) is 13.8 Å². The fraction of sp³-hybridized carbons (Fsp3) is 1.00. The average molecular weight is 157 g/mol. The Balaban J connectivity index is 2.22. The van der Waals surface area contributed by atoms with Crippen LogP contribution in [0.2, 0.25) is 0 Å². The van der Waals surface area contributed by atoms with E-state index in [9.17, 15) is 5.11 Å². The molecule has 1 fully saturated rings. The molecule has 0 aromatic carbocycles. The van der Waals surface area contributed by atoms with Crippen LogP contribution in [0.15, 0.2) is 0 Å². The van der Waals surface area contributed by atoms with Gasteiger partial charge in [-0.15, -0.1) is 0 Å². The summed E-state index contributed by atoms with van der Waals surface area (Å²) >= 11 is 0. The molecule has 0 radical (unpaired) electrons. The highest BCUT2D eigenvalue weighted by atomic mass is 16.3. The van der Waals surface area contributed by atoms with E-state index in [1.165, 1.54) is 12.8 Å². The molecule has 0 aliphatic heterocycles. The minimum Gasteiger partial charge on any atom is -0.390 e. The molecule has 1 aliphatic carbocycles. The van der Waals surface area contributed by atoms with Crippen LogP contribution in [0.3, 0.4) is 0 Å². The maximum Gasteiger partial charge on any atom is 0.0592 e. The van der Waals surface area contributed by atoms with E-state index in [2.05, 4.69) is 0 Å². The van der Waals surface area contributed by atoms with Gasteiger partial charge in [-0.25, -0.2) is 0 Å². The Morgan fingerprint density at radius 2 is 2.00 bits per heavy atom. The van der Waals surface area contributed by atoms with Crippen molar-refractivity contribution in [3.05, 3.63) is 0 Å². The lowest BCUT2D eigenvalue weighted by atomic mass is 9.93. The minimum absolute atomic E-state index is 0.417. The molecule has 0 aromatic rings. The molecule has 0 bridgehead atoms. The fourth-order valence-electron chi connectivity index (χ4n) is 1.30. The second-order valence-electron chi connectivity index (χ2n) is 4.52. The first-order chi connectivity index (χ1) is 4.97. The van der Waals surface area contributed by atoms with Crippen LogP contribution in [0.25, 0.3) is 0 Å². The average Bonchev–Trinajstić information content (AvgIpc) is 2.63. The van der Waals surface area contributed by atoms with Gasteiger partial charge >= 0.3 is 0 Å². The van der Waals surface area contributed by atoms with E-state index in [1.54, 1.807) is 0 Å². The lowest BCUT2D eigenvalue weighted by molar-refractivity contribution is 0.0623.